The average Bonchev–Trinajstić information content (AvgIpc) is 2.88. The molecule has 0 aromatic carbocycles. The van der Waals surface area contributed by atoms with E-state index in [1.807, 2.05) is 6.07 Å². The molecule has 0 saturated heterocycles. The first-order valence-electron chi connectivity index (χ1n) is 8.31. The number of hydrogen-bond acceptors (Lipinski definition) is 4. The van der Waals surface area contributed by atoms with Crippen LogP contribution in [0.4, 0.5) is 0 Å². The molecule has 3 unspecified atom stereocenters. The van der Waals surface area contributed by atoms with Gasteiger partial charge in [-0.2, -0.15) is 0 Å². The quantitative estimate of drug-likeness (QED) is 0.831. The first-order valence-corrected chi connectivity index (χ1v) is 8.31. The zero-order valence-corrected chi connectivity index (χ0v) is 13.9. The predicted octanol–water partition coefficient (Wildman–Crippen LogP) is 3.76. The second kappa shape index (κ2) is 7.95. The van der Waals surface area contributed by atoms with Crippen molar-refractivity contribution < 1.29 is 9.26 Å². The van der Waals surface area contributed by atoms with E-state index in [-0.39, 0.29) is 0 Å². The van der Waals surface area contributed by atoms with Crippen LogP contribution in [0.3, 0.4) is 0 Å². The molecule has 4 nitrogen and oxygen atoms in total. The van der Waals surface area contributed by atoms with Crippen LogP contribution in [0.1, 0.15) is 58.4 Å². The Labute approximate surface area is 128 Å². The molecule has 3 atom stereocenters. The summed E-state index contributed by atoms with van der Waals surface area (Å²) in [5.74, 6) is 3.07. The van der Waals surface area contributed by atoms with E-state index in [0.29, 0.717) is 18.6 Å². The Balaban J connectivity index is 1.70. The summed E-state index contributed by atoms with van der Waals surface area (Å²) in [6, 6.07) is 2.00. The second-order valence-electron chi connectivity index (χ2n) is 7.01. The average molecular weight is 294 g/mol. The molecule has 1 heterocycles. The molecule has 1 aliphatic rings. The van der Waals surface area contributed by atoms with Crippen molar-refractivity contribution in [3.05, 3.63) is 17.5 Å². The number of rotatable bonds is 7. The van der Waals surface area contributed by atoms with Crippen LogP contribution in [0.2, 0.25) is 0 Å². The Morgan fingerprint density at radius 3 is 2.86 bits per heavy atom. The van der Waals surface area contributed by atoms with Gasteiger partial charge in [0.25, 0.3) is 0 Å². The van der Waals surface area contributed by atoms with Crippen LogP contribution in [0.15, 0.2) is 10.6 Å². The fourth-order valence-electron chi connectivity index (χ4n) is 2.85. The summed E-state index contributed by atoms with van der Waals surface area (Å²) in [6.07, 6.45) is 3.98. The van der Waals surface area contributed by atoms with Crippen molar-refractivity contribution in [2.24, 2.45) is 17.8 Å². The van der Waals surface area contributed by atoms with Crippen molar-refractivity contribution in [1.29, 1.82) is 0 Å². The van der Waals surface area contributed by atoms with Gasteiger partial charge < -0.3 is 14.6 Å². The molecule has 21 heavy (non-hydrogen) atoms. The molecule has 1 aromatic heterocycles. The van der Waals surface area contributed by atoms with Gasteiger partial charge in [-0.05, 0) is 43.6 Å². The van der Waals surface area contributed by atoms with Crippen molar-refractivity contribution in [3.8, 4) is 0 Å². The van der Waals surface area contributed by atoms with E-state index in [1.54, 1.807) is 0 Å². The normalized spacial score (nSPS) is 26.4. The summed E-state index contributed by atoms with van der Waals surface area (Å²) in [4.78, 5) is 0. The maximum absolute atomic E-state index is 5.99. The topological polar surface area (TPSA) is 47.3 Å². The lowest BCUT2D eigenvalue weighted by Crippen LogP contribution is -2.26. The molecule has 0 amide bonds. The summed E-state index contributed by atoms with van der Waals surface area (Å²) in [5, 5.41) is 7.45. The number of nitrogens with one attached hydrogen (secondary N) is 1. The van der Waals surface area contributed by atoms with Gasteiger partial charge in [-0.3, -0.25) is 0 Å². The van der Waals surface area contributed by atoms with E-state index in [0.717, 1.165) is 42.8 Å². The van der Waals surface area contributed by atoms with Crippen molar-refractivity contribution in [3.63, 3.8) is 0 Å². The molecule has 1 saturated carbocycles. The first-order chi connectivity index (χ1) is 10.0. The zero-order valence-electron chi connectivity index (χ0n) is 13.9. The number of ether oxygens (including phenoxy) is 1. The summed E-state index contributed by atoms with van der Waals surface area (Å²) < 4.78 is 11.3. The van der Waals surface area contributed by atoms with Crippen LogP contribution in [0.5, 0.6) is 0 Å². The van der Waals surface area contributed by atoms with Crippen molar-refractivity contribution in [2.45, 2.75) is 66.2 Å². The second-order valence-corrected chi connectivity index (χ2v) is 7.01. The minimum Gasteiger partial charge on any atom is -0.370 e. The summed E-state index contributed by atoms with van der Waals surface area (Å²) in [5.41, 5.74) is 0.958. The lowest BCUT2D eigenvalue weighted by Gasteiger charge is -2.31. The van der Waals surface area contributed by atoms with Gasteiger partial charge in [0.1, 0.15) is 6.61 Å². The van der Waals surface area contributed by atoms with Crippen molar-refractivity contribution in [2.75, 3.05) is 6.54 Å². The van der Waals surface area contributed by atoms with Crippen LogP contribution >= 0.6 is 0 Å². The summed E-state index contributed by atoms with van der Waals surface area (Å²) in [6.45, 7) is 11.4. The van der Waals surface area contributed by atoms with Gasteiger partial charge in [-0.1, -0.05) is 32.9 Å². The summed E-state index contributed by atoms with van der Waals surface area (Å²) in [7, 11) is 0. The highest BCUT2D eigenvalue weighted by Crippen LogP contribution is 2.31. The molecule has 4 heteroatoms. The lowest BCUT2D eigenvalue weighted by molar-refractivity contribution is -0.0155. The Bertz CT molecular complexity index is 417. The molecule has 1 aromatic rings. The van der Waals surface area contributed by atoms with E-state index in [4.69, 9.17) is 9.26 Å². The third-order valence-corrected chi connectivity index (χ3v) is 4.48. The van der Waals surface area contributed by atoms with Crippen molar-refractivity contribution in [1.82, 2.24) is 10.5 Å². The Morgan fingerprint density at radius 1 is 1.33 bits per heavy atom. The Hall–Kier alpha value is -0.870. The first kappa shape index (κ1) is 16.5. The maximum Gasteiger partial charge on any atom is 0.162 e. The van der Waals surface area contributed by atoms with Crippen LogP contribution in [0, 0.1) is 17.8 Å². The van der Waals surface area contributed by atoms with E-state index < -0.39 is 0 Å². The number of hydrogen-bond donors (Lipinski definition) is 1. The Morgan fingerprint density at radius 2 is 2.14 bits per heavy atom. The highest BCUT2D eigenvalue weighted by atomic mass is 16.5. The van der Waals surface area contributed by atoms with Crippen LogP contribution in [-0.2, 0) is 17.9 Å². The molecule has 1 N–H and O–H groups in total. The highest BCUT2D eigenvalue weighted by Gasteiger charge is 2.25. The van der Waals surface area contributed by atoms with Crippen LogP contribution < -0.4 is 5.32 Å². The largest absolute Gasteiger partial charge is 0.370 e. The van der Waals surface area contributed by atoms with Gasteiger partial charge in [-0.25, -0.2) is 0 Å². The maximum atomic E-state index is 5.99. The number of aromatic nitrogens is 1. The molecule has 0 radical (unpaired) electrons. The van der Waals surface area contributed by atoms with E-state index >= 15 is 0 Å². The lowest BCUT2D eigenvalue weighted by atomic mass is 9.80. The number of nitrogens with zero attached hydrogens (tertiary/aromatic N) is 1. The van der Waals surface area contributed by atoms with Gasteiger partial charge in [-0.15, -0.1) is 0 Å². The molecule has 0 bridgehead atoms. The SMILES string of the molecule is CC(C)CNCc1cc(COC2CCC(C)C(C)C2)on1. The highest BCUT2D eigenvalue weighted by molar-refractivity contribution is 5.04. The molecule has 0 spiro atoms. The smallest absolute Gasteiger partial charge is 0.162 e. The van der Waals surface area contributed by atoms with Gasteiger partial charge in [0, 0.05) is 12.6 Å². The third-order valence-electron chi connectivity index (χ3n) is 4.48. The fraction of sp³-hybridized carbons (Fsp3) is 0.824. The van der Waals surface area contributed by atoms with Gasteiger partial charge in [0.2, 0.25) is 0 Å². The van der Waals surface area contributed by atoms with E-state index in [1.165, 1.54) is 12.8 Å². The standard InChI is InChI=1S/C17H30N2O2/c1-12(2)9-18-10-15-8-17(21-19-15)11-20-16-6-5-13(3)14(4)7-16/h8,12-14,16,18H,5-7,9-11H2,1-4H3. The molecule has 120 valence electrons. The van der Waals surface area contributed by atoms with Gasteiger partial charge in [0.05, 0.1) is 11.8 Å². The molecule has 1 fully saturated rings. The molecule has 2 rings (SSSR count). The molecular formula is C17H30N2O2. The Kier molecular flexibility index (Phi) is 6.24. The minimum absolute atomic E-state index is 0.379. The third kappa shape index (κ3) is 5.44. The van der Waals surface area contributed by atoms with E-state index in [2.05, 4.69) is 38.2 Å². The predicted molar refractivity (Wildman–Crippen MR) is 83.8 cm³/mol. The van der Waals surface area contributed by atoms with Crippen LogP contribution in [0.25, 0.3) is 0 Å². The molecule has 1 aliphatic carbocycles. The monoisotopic (exact) mass is 294 g/mol. The minimum atomic E-state index is 0.379. The molecular weight excluding hydrogens is 264 g/mol. The van der Waals surface area contributed by atoms with Crippen molar-refractivity contribution >= 4 is 0 Å². The van der Waals surface area contributed by atoms with E-state index in [9.17, 15) is 0 Å². The molecule has 0 aliphatic heterocycles. The van der Waals surface area contributed by atoms with Gasteiger partial charge >= 0.3 is 0 Å². The summed E-state index contributed by atoms with van der Waals surface area (Å²) >= 11 is 0. The fourth-order valence-corrected chi connectivity index (χ4v) is 2.85. The zero-order chi connectivity index (χ0) is 15.2. The van der Waals surface area contributed by atoms with Gasteiger partial charge in [0.15, 0.2) is 5.76 Å². The van der Waals surface area contributed by atoms with Crippen LogP contribution in [-0.4, -0.2) is 17.8 Å².